The van der Waals surface area contributed by atoms with Crippen LogP contribution in [0.4, 0.5) is 0 Å². The second-order valence-electron chi connectivity index (χ2n) is 6.64. The molecule has 7 nitrogen and oxygen atoms in total. The van der Waals surface area contributed by atoms with Crippen molar-refractivity contribution in [2.24, 2.45) is 5.92 Å². The quantitative estimate of drug-likeness (QED) is 0.792. The maximum Gasteiger partial charge on any atom is 0.274 e. The van der Waals surface area contributed by atoms with Crippen molar-refractivity contribution in [2.45, 2.75) is 19.4 Å². The number of ether oxygens (including phenoxy) is 2. The van der Waals surface area contributed by atoms with E-state index < -0.39 is 0 Å². The molecule has 0 aliphatic carbocycles. The Morgan fingerprint density at radius 2 is 2.19 bits per heavy atom. The lowest BCUT2D eigenvalue weighted by molar-refractivity contribution is 0.0759. The van der Waals surface area contributed by atoms with E-state index in [0.717, 1.165) is 37.5 Å². The zero-order valence-corrected chi connectivity index (χ0v) is 15.3. The SMILES string of the molecule is COc1cccc(OCc2cc(C(=O)N(C)CC3CCCNC3)n[nH]2)c1. The Morgan fingerprint density at radius 3 is 2.96 bits per heavy atom. The van der Waals surface area contributed by atoms with Gasteiger partial charge in [-0.25, -0.2) is 0 Å². The molecule has 1 unspecified atom stereocenters. The highest BCUT2D eigenvalue weighted by Crippen LogP contribution is 2.20. The fraction of sp³-hybridized carbons (Fsp3) is 0.474. The molecule has 26 heavy (non-hydrogen) atoms. The van der Waals surface area contributed by atoms with Crippen LogP contribution in [-0.2, 0) is 6.61 Å². The van der Waals surface area contributed by atoms with Crippen molar-refractivity contribution < 1.29 is 14.3 Å². The first-order valence-corrected chi connectivity index (χ1v) is 8.93. The summed E-state index contributed by atoms with van der Waals surface area (Å²) in [6, 6.07) is 9.14. The van der Waals surface area contributed by atoms with Crippen molar-refractivity contribution in [3.8, 4) is 11.5 Å². The van der Waals surface area contributed by atoms with Gasteiger partial charge in [-0.3, -0.25) is 9.89 Å². The highest BCUT2D eigenvalue weighted by Gasteiger charge is 2.20. The number of hydrogen-bond donors (Lipinski definition) is 2. The van der Waals surface area contributed by atoms with Gasteiger partial charge in [-0.1, -0.05) is 6.07 Å². The smallest absolute Gasteiger partial charge is 0.274 e. The third kappa shape index (κ3) is 4.76. The van der Waals surface area contributed by atoms with E-state index in [-0.39, 0.29) is 5.91 Å². The largest absolute Gasteiger partial charge is 0.497 e. The van der Waals surface area contributed by atoms with Crippen LogP contribution in [0.25, 0.3) is 0 Å². The number of nitrogens with one attached hydrogen (secondary N) is 2. The summed E-state index contributed by atoms with van der Waals surface area (Å²) in [5.74, 6) is 1.88. The highest BCUT2D eigenvalue weighted by atomic mass is 16.5. The minimum absolute atomic E-state index is 0.0700. The summed E-state index contributed by atoms with van der Waals surface area (Å²) in [7, 11) is 3.45. The number of benzene rings is 1. The summed E-state index contributed by atoms with van der Waals surface area (Å²) in [4.78, 5) is 14.3. The second-order valence-corrected chi connectivity index (χ2v) is 6.64. The fourth-order valence-corrected chi connectivity index (χ4v) is 3.14. The summed E-state index contributed by atoms with van der Waals surface area (Å²) in [5.41, 5.74) is 1.17. The van der Waals surface area contributed by atoms with Gasteiger partial charge in [0.15, 0.2) is 5.69 Å². The average molecular weight is 358 g/mol. The Hall–Kier alpha value is -2.54. The fourth-order valence-electron chi connectivity index (χ4n) is 3.14. The van der Waals surface area contributed by atoms with Crippen molar-refractivity contribution in [2.75, 3.05) is 33.8 Å². The first-order chi connectivity index (χ1) is 12.7. The van der Waals surface area contributed by atoms with E-state index in [1.807, 2.05) is 31.3 Å². The zero-order chi connectivity index (χ0) is 18.4. The van der Waals surface area contributed by atoms with Gasteiger partial charge in [-0.2, -0.15) is 5.10 Å². The lowest BCUT2D eigenvalue weighted by Crippen LogP contribution is -2.39. The number of methoxy groups -OCH3 is 1. The maximum absolute atomic E-state index is 12.6. The predicted molar refractivity (Wildman–Crippen MR) is 98.5 cm³/mol. The monoisotopic (exact) mass is 358 g/mol. The summed E-state index contributed by atoms with van der Waals surface area (Å²) in [6.45, 7) is 3.10. The Bertz CT molecular complexity index is 725. The van der Waals surface area contributed by atoms with Crippen LogP contribution < -0.4 is 14.8 Å². The summed E-state index contributed by atoms with van der Waals surface area (Å²) in [5, 5.41) is 10.4. The van der Waals surface area contributed by atoms with E-state index in [1.165, 1.54) is 6.42 Å². The van der Waals surface area contributed by atoms with E-state index in [1.54, 1.807) is 18.1 Å². The van der Waals surface area contributed by atoms with Gasteiger partial charge in [-0.05, 0) is 50.0 Å². The zero-order valence-electron chi connectivity index (χ0n) is 15.3. The molecule has 2 aromatic rings. The Balaban J connectivity index is 1.53. The first-order valence-electron chi connectivity index (χ1n) is 8.93. The molecule has 3 rings (SSSR count). The molecular weight excluding hydrogens is 332 g/mol. The molecule has 7 heteroatoms. The number of piperidine rings is 1. The Kier molecular flexibility index (Phi) is 6.12. The second kappa shape index (κ2) is 8.71. The normalized spacial score (nSPS) is 16.9. The molecule has 0 spiro atoms. The number of amides is 1. The van der Waals surface area contributed by atoms with Crippen molar-refractivity contribution in [3.05, 3.63) is 41.7 Å². The number of carbonyl (C=O) groups excluding carboxylic acids is 1. The number of hydrogen-bond acceptors (Lipinski definition) is 5. The minimum Gasteiger partial charge on any atom is -0.497 e. The molecule has 1 amide bonds. The first kappa shape index (κ1) is 18.3. The molecule has 2 N–H and O–H groups in total. The molecule has 1 aliphatic heterocycles. The lowest BCUT2D eigenvalue weighted by Gasteiger charge is -2.27. The van der Waals surface area contributed by atoms with Gasteiger partial charge < -0.3 is 19.7 Å². The molecule has 1 aromatic heterocycles. The van der Waals surface area contributed by atoms with Crippen LogP contribution in [0.2, 0.25) is 0 Å². The van der Waals surface area contributed by atoms with E-state index in [2.05, 4.69) is 15.5 Å². The number of rotatable bonds is 7. The topological polar surface area (TPSA) is 79.5 Å². The lowest BCUT2D eigenvalue weighted by atomic mass is 9.99. The maximum atomic E-state index is 12.6. The molecule has 0 bridgehead atoms. The van der Waals surface area contributed by atoms with Crippen molar-refractivity contribution in [1.82, 2.24) is 20.4 Å². The molecule has 1 aliphatic rings. The molecule has 140 valence electrons. The van der Waals surface area contributed by atoms with Crippen LogP contribution in [0.5, 0.6) is 11.5 Å². The van der Waals surface area contributed by atoms with Gasteiger partial charge in [0.05, 0.1) is 12.8 Å². The number of carbonyl (C=O) groups is 1. The van der Waals surface area contributed by atoms with Crippen LogP contribution in [0.1, 0.15) is 29.0 Å². The van der Waals surface area contributed by atoms with Crippen LogP contribution in [0, 0.1) is 5.92 Å². The number of H-pyrrole nitrogens is 1. The van der Waals surface area contributed by atoms with Crippen LogP contribution in [0.15, 0.2) is 30.3 Å². The van der Waals surface area contributed by atoms with Crippen molar-refractivity contribution >= 4 is 5.91 Å². The van der Waals surface area contributed by atoms with Gasteiger partial charge >= 0.3 is 0 Å². The highest BCUT2D eigenvalue weighted by molar-refractivity contribution is 5.92. The molecule has 1 fully saturated rings. The molecule has 1 atom stereocenters. The average Bonchev–Trinajstić information content (AvgIpc) is 3.15. The van der Waals surface area contributed by atoms with Crippen LogP contribution in [0.3, 0.4) is 0 Å². The molecule has 0 saturated carbocycles. The van der Waals surface area contributed by atoms with Gasteiger partial charge in [0.25, 0.3) is 5.91 Å². The number of aromatic nitrogens is 2. The molecule has 2 heterocycles. The standard InChI is InChI=1S/C19H26N4O3/c1-23(12-14-5-4-8-20-11-14)19(24)18-9-15(21-22-18)13-26-17-7-3-6-16(10-17)25-2/h3,6-7,9-10,14,20H,4-5,8,11-13H2,1-2H3,(H,21,22). The Labute approximate surface area is 153 Å². The van der Waals surface area contributed by atoms with E-state index in [4.69, 9.17) is 9.47 Å². The molecular formula is C19H26N4O3. The molecule has 0 radical (unpaired) electrons. The molecule has 1 saturated heterocycles. The third-order valence-corrected chi connectivity index (χ3v) is 4.56. The van der Waals surface area contributed by atoms with Gasteiger partial charge in [0, 0.05) is 19.7 Å². The summed E-state index contributed by atoms with van der Waals surface area (Å²) in [6.07, 6.45) is 2.33. The van der Waals surface area contributed by atoms with Gasteiger partial charge in [-0.15, -0.1) is 0 Å². The molecule has 1 aromatic carbocycles. The van der Waals surface area contributed by atoms with Gasteiger partial charge in [0.1, 0.15) is 18.1 Å². The Morgan fingerprint density at radius 1 is 1.35 bits per heavy atom. The van der Waals surface area contributed by atoms with E-state index >= 15 is 0 Å². The van der Waals surface area contributed by atoms with Crippen molar-refractivity contribution in [3.63, 3.8) is 0 Å². The summed E-state index contributed by atoms with van der Waals surface area (Å²) >= 11 is 0. The van der Waals surface area contributed by atoms with E-state index in [9.17, 15) is 4.79 Å². The third-order valence-electron chi connectivity index (χ3n) is 4.56. The summed E-state index contributed by atoms with van der Waals surface area (Å²) < 4.78 is 10.9. The van der Waals surface area contributed by atoms with E-state index in [0.29, 0.717) is 24.0 Å². The number of aromatic amines is 1. The predicted octanol–water partition coefficient (Wildman–Crippen LogP) is 2.07. The van der Waals surface area contributed by atoms with Gasteiger partial charge in [0.2, 0.25) is 0 Å². The van der Waals surface area contributed by atoms with Crippen LogP contribution in [-0.4, -0.2) is 54.8 Å². The number of nitrogens with zero attached hydrogens (tertiary/aromatic N) is 2. The van der Waals surface area contributed by atoms with Crippen LogP contribution >= 0.6 is 0 Å². The minimum atomic E-state index is -0.0700. The van der Waals surface area contributed by atoms with Crippen molar-refractivity contribution in [1.29, 1.82) is 0 Å².